The molecular weight excluding hydrogens is 324 g/mol. The summed E-state index contributed by atoms with van der Waals surface area (Å²) < 4.78 is 0. The second kappa shape index (κ2) is 6.30. The van der Waals surface area contributed by atoms with Crippen molar-refractivity contribution in [3.8, 4) is 0 Å². The Morgan fingerprint density at radius 1 is 1.42 bits per heavy atom. The first kappa shape index (κ1) is 14.2. The first-order valence-corrected chi connectivity index (χ1v) is 7.90. The summed E-state index contributed by atoms with van der Waals surface area (Å²) in [4.78, 5) is 17.6. The van der Waals surface area contributed by atoms with Crippen molar-refractivity contribution in [1.29, 1.82) is 0 Å². The largest absolute Gasteiger partial charge is 0.346 e. The summed E-state index contributed by atoms with van der Waals surface area (Å²) >= 11 is 5.01. The number of carbonyl (C=O) groups is 1. The van der Waals surface area contributed by atoms with E-state index in [1.807, 2.05) is 38.1 Å². The van der Waals surface area contributed by atoms with E-state index in [2.05, 4.69) is 26.2 Å². The van der Waals surface area contributed by atoms with Gasteiger partial charge in [-0.2, -0.15) is 0 Å². The molecule has 0 bridgehead atoms. The van der Waals surface area contributed by atoms with E-state index in [9.17, 15) is 4.79 Å². The van der Waals surface area contributed by atoms with E-state index in [1.165, 1.54) is 4.88 Å². The van der Waals surface area contributed by atoms with Gasteiger partial charge >= 0.3 is 0 Å². The van der Waals surface area contributed by atoms with Crippen molar-refractivity contribution in [1.82, 2.24) is 10.3 Å². The molecule has 0 aliphatic rings. The van der Waals surface area contributed by atoms with Gasteiger partial charge in [0, 0.05) is 15.8 Å². The van der Waals surface area contributed by atoms with Crippen LogP contribution in [0.2, 0.25) is 0 Å². The van der Waals surface area contributed by atoms with Crippen LogP contribution in [0.15, 0.2) is 24.3 Å². The molecule has 1 N–H and O–H groups in total. The number of carbonyl (C=O) groups excluding carboxylic acids is 1. The van der Waals surface area contributed by atoms with Crippen LogP contribution in [0, 0.1) is 13.8 Å². The lowest BCUT2D eigenvalue weighted by Gasteiger charge is -2.04. The summed E-state index contributed by atoms with van der Waals surface area (Å²) in [5.41, 5.74) is 2.81. The van der Waals surface area contributed by atoms with Crippen LogP contribution in [0.5, 0.6) is 0 Å². The monoisotopic (exact) mass is 338 g/mol. The van der Waals surface area contributed by atoms with Gasteiger partial charge in [0.2, 0.25) is 0 Å². The molecule has 0 atom stereocenters. The molecule has 1 amide bonds. The Morgan fingerprint density at radius 2 is 2.21 bits per heavy atom. The number of nitrogens with one attached hydrogen (secondary N) is 1. The maximum atomic E-state index is 12.0. The number of nitrogens with zero attached hydrogens (tertiary/aromatic N) is 1. The predicted octanol–water partition coefficient (Wildman–Crippen LogP) is 3.58. The van der Waals surface area contributed by atoms with E-state index in [4.69, 9.17) is 0 Å². The molecule has 2 rings (SSSR count). The average Bonchev–Trinajstić information content (AvgIpc) is 2.75. The fourth-order valence-corrected chi connectivity index (χ4v) is 2.89. The van der Waals surface area contributed by atoms with Crippen molar-refractivity contribution in [2.75, 3.05) is 0 Å². The van der Waals surface area contributed by atoms with E-state index in [-0.39, 0.29) is 5.91 Å². The van der Waals surface area contributed by atoms with Crippen molar-refractivity contribution in [2.24, 2.45) is 0 Å². The minimum Gasteiger partial charge on any atom is -0.346 e. The van der Waals surface area contributed by atoms with Crippen molar-refractivity contribution >= 4 is 33.2 Å². The van der Waals surface area contributed by atoms with Gasteiger partial charge in [0.15, 0.2) is 0 Å². The Balaban J connectivity index is 2.00. The number of hydrogen-bond acceptors (Lipinski definition) is 3. The quantitative estimate of drug-likeness (QED) is 0.865. The highest BCUT2D eigenvalue weighted by atomic mass is 79.9. The van der Waals surface area contributed by atoms with Crippen LogP contribution >= 0.6 is 27.3 Å². The normalized spacial score (nSPS) is 10.5. The highest BCUT2D eigenvalue weighted by molar-refractivity contribution is 9.08. The molecule has 0 unspecified atom stereocenters. The predicted molar refractivity (Wildman–Crippen MR) is 81.8 cm³/mol. The highest BCUT2D eigenvalue weighted by Gasteiger charge is 2.08. The zero-order valence-electron chi connectivity index (χ0n) is 10.9. The van der Waals surface area contributed by atoms with Crippen LogP contribution in [0.4, 0.5) is 0 Å². The molecule has 1 aromatic heterocycles. The molecule has 0 radical (unpaired) electrons. The van der Waals surface area contributed by atoms with Gasteiger partial charge in [-0.1, -0.05) is 28.1 Å². The third-order valence-corrected chi connectivity index (χ3v) is 4.54. The number of aromatic nitrogens is 1. The molecule has 0 spiro atoms. The second-order valence-electron chi connectivity index (χ2n) is 4.27. The molecule has 1 heterocycles. The SMILES string of the molecule is Cc1nc(CNC(=O)c2cccc(CBr)c2)sc1C. The zero-order valence-corrected chi connectivity index (χ0v) is 13.3. The molecule has 100 valence electrons. The van der Waals surface area contributed by atoms with Crippen LogP contribution in [0.25, 0.3) is 0 Å². The number of rotatable bonds is 4. The van der Waals surface area contributed by atoms with Crippen LogP contribution in [-0.2, 0) is 11.9 Å². The number of amides is 1. The Bertz CT molecular complexity index is 575. The summed E-state index contributed by atoms with van der Waals surface area (Å²) in [6.07, 6.45) is 0. The lowest BCUT2D eigenvalue weighted by atomic mass is 10.1. The van der Waals surface area contributed by atoms with Gasteiger partial charge in [-0.3, -0.25) is 4.79 Å². The standard InChI is InChI=1S/C14H15BrN2OS/c1-9-10(2)19-13(17-9)8-16-14(18)12-5-3-4-11(6-12)7-15/h3-6H,7-8H2,1-2H3,(H,16,18). The number of alkyl halides is 1. The van der Waals surface area contributed by atoms with Crippen molar-refractivity contribution in [3.05, 3.63) is 51.0 Å². The number of halogens is 1. The average molecular weight is 339 g/mol. The molecular formula is C14H15BrN2OS. The van der Waals surface area contributed by atoms with Gasteiger partial charge in [-0.25, -0.2) is 4.98 Å². The van der Waals surface area contributed by atoms with Gasteiger partial charge in [0.05, 0.1) is 12.2 Å². The molecule has 19 heavy (non-hydrogen) atoms. The van der Waals surface area contributed by atoms with Gasteiger partial charge in [-0.05, 0) is 31.5 Å². The minimum atomic E-state index is -0.0618. The first-order valence-electron chi connectivity index (χ1n) is 5.96. The van der Waals surface area contributed by atoms with Gasteiger partial charge in [0.25, 0.3) is 5.91 Å². The third kappa shape index (κ3) is 3.64. The van der Waals surface area contributed by atoms with Crippen LogP contribution in [0.1, 0.15) is 31.5 Å². The van der Waals surface area contributed by atoms with Crippen molar-refractivity contribution < 1.29 is 4.79 Å². The maximum absolute atomic E-state index is 12.0. The Labute approximate surface area is 125 Å². The van der Waals surface area contributed by atoms with E-state index in [0.717, 1.165) is 21.6 Å². The fraction of sp³-hybridized carbons (Fsp3) is 0.286. The Morgan fingerprint density at radius 3 is 2.84 bits per heavy atom. The van der Waals surface area contributed by atoms with Crippen molar-refractivity contribution in [3.63, 3.8) is 0 Å². The van der Waals surface area contributed by atoms with Crippen LogP contribution in [0.3, 0.4) is 0 Å². The van der Waals surface area contributed by atoms with E-state index in [1.54, 1.807) is 11.3 Å². The summed E-state index contributed by atoms with van der Waals surface area (Å²) in [5.74, 6) is -0.0618. The van der Waals surface area contributed by atoms with E-state index in [0.29, 0.717) is 12.1 Å². The smallest absolute Gasteiger partial charge is 0.251 e. The van der Waals surface area contributed by atoms with Crippen molar-refractivity contribution in [2.45, 2.75) is 25.7 Å². The van der Waals surface area contributed by atoms with E-state index < -0.39 is 0 Å². The summed E-state index contributed by atoms with van der Waals surface area (Å²) in [7, 11) is 0. The topological polar surface area (TPSA) is 42.0 Å². The summed E-state index contributed by atoms with van der Waals surface area (Å²) in [6, 6.07) is 7.59. The molecule has 5 heteroatoms. The molecule has 0 aliphatic carbocycles. The van der Waals surface area contributed by atoms with Gasteiger partial charge in [-0.15, -0.1) is 11.3 Å². The minimum absolute atomic E-state index is 0.0618. The summed E-state index contributed by atoms with van der Waals surface area (Å²) in [5, 5.41) is 4.59. The molecule has 0 fully saturated rings. The first-order chi connectivity index (χ1) is 9.10. The molecule has 0 aliphatic heterocycles. The van der Waals surface area contributed by atoms with Gasteiger partial charge in [0.1, 0.15) is 5.01 Å². The maximum Gasteiger partial charge on any atom is 0.251 e. The molecule has 0 saturated carbocycles. The number of hydrogen-bond donors (Lipinski definition) is 1. The number of benzene rings is 1. The molecule has 1 aromatic carbocycles. The number of thiazole rings is 1. The van der Waals surface area contributed by atoms with Crippen LogP contribution < -0.4 is 5.32 Å². The Hall–Kier alpha value is -1.20. The Kier molecular flexibility index (Phi) is 4.71. The highest BCUT2D eigenvalue weighted by Crippen LogP contribution is 2.16. The molecule has 3 nitrogen and oxygen atoms in total. The van der Waals surface area contributed by atoms with Gasteiger partial charge < -0.3 is 5.32 Å². The fourth-order valence-electron chi connectivity index (χ4n) is 1.67. The molecule has 2 aromatic rings. The lowest BCUT2D eigenvalue weighted by molar-refractivity contribution is 0.0951. The van der Waals surface area contributed by atoms with Crippen LogP contribution in [-0.4, -0.2) is 10.9 Å². The van der Waals surface area contributed by atoms with E-state index >= 15 is 0 Å². The molecule has 0 saturated heterocycles. The summed E-state index contributed by atoms with van der Waals surface area (Å²) in [6.45, 7) is 4.51. The number of aryl methyl sites for hydroxylation is 2. The lowest BCUT2D eigenvalue weighted by Crippen LogP contribution is -2.22. The second-order valence-corrected chi connectivity index (χ2v) is 6.11. The zero-order chi connectivity index (χ0) is 13.8. The third-order valence-electron chi connectivity index (χ3n) is 2.82.